The van der Waals surface area contributed by atoms with Crippen LogP contribution in [-0.2, 0) is 0 Å². The largest absolute Gasteiger partial charge is 0.508 e. The Morgan fingerprint density at radius 1 is 1.50 bits per heavy atom. The zero-order valence-corrected chi connectivity index (χ0v) is 10.8. The van der Waals surface area contributed by atoms with E-state index in [9.17, 15) is 5.11 Å². The van der Waals surface area contributed by atoms with E-state index in [4.69, 9.17) is 5.73 Å². The van der Waals surface area contributed by atoms with Gasteiger partial charge in [-0.05, 0) is 19.1 Å². The lowest BCUT2D eigenvalue weighted by Crippen LogP contribution is -2.23. The van der Waals surface area contributed by atoms with Gasteiger partial charge in [-0.15, -0.1) is 0 Å². The fraction of sp³-hybridized carbons (Fsp3) is 0.308. The minimum atomic E-state index is 0.173. The van der Waals surface area contributed by atoms with Gasteiger partial charge in [0.15, 0.2) is 0 Å². The maximum absolute atomic E-state index is 9.25. The molecule has 1 rings (SSSR count). The first kappa shape index (κ1) is 13.9. The number of nitrogens with one attached hydrogen (secondary N) is 1. The number of aliphatic imine (C=N–C) groups is 1. The van der Waals surface area contributed by atoms with Crippen LogP contribution < -0.4 is 11.1 Å². The van der Waals surface area contributed by atoms with Crippen molar-refractivity contribution in [3.8, 4) is 5.75 Å². The number of anilines is 2. The van der Waals surface area contributed by atoms with Gasteiger partial charge in [-0.2, -0.15) is 0 Å². The van der Waals surface area contributed by atoms with Crippen LogP contribution in [0, 0.1) is 0 Å². The molecule has 0 radical (unpaired) electrons. The minimum Gasteiger partial charge on any atom is -0.508 e. The van der Waals surface area contributed by atoms with E-state index in [1.165, 1.54) is 6.07 Å². The van der Waals surface area contributed by atoms with E-state index in [0.717, 1.165) is 18.8 Å². The van der Waals surface area contributed by atoms with Crippen molar-refractivity contribution >= 4 is 17.7 Å². The Morgan fingerprint density at radius 3 is 2.89 bits per heavy atom. The first-order valence-corrected chi connectivity index (χ1v) is 5.80. The number of hydrogen-bond acceptors (Lipinski definition) is 4. The number of allylic oxidation sites excluding steroid dienone is 1. The Balaban J connectivity index is 2.49. The van der Waals surface area contributed by atoms with Gasteiger partial charge in [-0.3, -0.25) is 4.99 Å². The van der Waals surface area contributed by atoms with E-state index in [1.54, 1.807) is 25.5 Å². The first-order valence-electron chi connectivity index (χ1n) is 5.80. The molecule has 1 aromatic carbocycles. The van der Waals surface area contributed by atoms with Gasteiger partial charge in [0.2, 0.25) is 0 Å². The average Bonchev–Trinajstić information content (AvgIpc) is 2.32. The molecule has 0 spiro atoms. The maximum Gasteiger partial charge on any atom is 0.117 e. The molecule has 0 saturated heterocycles. The van der Waals surface area contributed by atoms with E-state index >= 15 is 0 Å². The molecule has 98 valence electrons. The van der Waals surface area contributed by atoms with Crippen molar-refractivity contribution in [1.82, 2.24) is 4.90 Å². The summed E-state index contributed by atoms with van der Waals surface area (Å²) in [4.78, 5) is 5.95. The zero-order valence-electron chi connectivity index (χ0n) is 10.8. The molecule has 0 aromatic heterocycles. The Hall–Kier alpha value is -2.17. The lowest BCUT2D eigenvalue weighted by Gasteiger charge is -2.16. The third kappa shape index (κ3) is 4.37. The monoisotopic (exact) mass is 248 g/mol. The van der Waals surface area contributed by atoms with Crippen molar-refractivity contribution < 1.29 is 5.11 Å². The second-order valence-electron chi connectivity index (χ2n) is 3.79. The summed E-state index contributed by atoms with van der Waals surface area (Å²) in [5, 5.41) is 12.5. The third-order valence-electron chi connectivity index (χ3n) is 2.32. The molecular weight excluding hydrogens is 228 g/mol. The van der Waals surface area contributed by atoms with Crippen LogP contribution in [-0.4, -0.2) is 36.5 Å². The number of nitrogen functional groups attached to an aromatic ring is 1. The molecule has 5 nitrogen and oxygen atoms in total. The fourth-order valence-corrected chi connectivity index (χ4v) is 1.54. The van der Waals surface area contributed by atoms with Crippen LogP contribution in [0.2, 0.25) is 0 Å². The number of nitrogens with zero attached hydrogens (tertiary/aromatic N) is 2. The van der Waals surface area contributed by atoms with Gasteiger partial charge >= 0.3 is 0 Å². The smallest absolute Gasteiger partial charge is 0.117 e. The molecule has 0 fully saturated rings. The van der Waals surface area contributed by atoms with Gasteiger partial charge in [0.25, 0.3) is 0 Å². The van der Waals surface area contributed by atoms with Gasteiger partial charge in [-0.1, -0.05) is 6.08 Å². The number of nitrogens with two attached hydrogens (primary N) is 1. The predicted octanol–water partition coefficient (Wildman–Crippen LogP) is 1.88. The van der Waals surface area contributed by atoms with Crippen LogP contribution in [0.3, 0.4) is 0 Å². The molecule has 0 bridgehead atoms. The normalized spacial score (nSPS) is 11.2. The SMILES string of the molecule is C/C=C\N(/C=N/C)CCNc1ccc(O)cc1N. The Bertz CT molecular complexity index is 417. The highest BCUT2D eigenvalue weighted by molar-refractivity contribution is 5.68. The molecule has 0 aliphatic carbocycles. The number of benzene rings is 1. The molecule has 0 atom stereocenters. The highest BCUT2D eigenvalue weighted by atomic mass is 16.3. The Kier molecular flexibility index (Phi) is 5.57. The summed E-state index contributed by atoms with van der Waals surface area (Å²) in [7, 11) is 1.74. The topological polar surface area (TPSA) is 73.9 Å². The molecule has 0 unspecified atom stereocenters. The quantitative estimate of drug-likeness (QED) is 0.311. The number of phenolic OH excluding ortho intramolecular Hbond substituents is 1. The number of hydrogen-bond donors (Lipinski definition) is 3. The Morgan fingerprint density at radius 2 is 2.28 bits per heavy atom. The molecule has 18 heavy (non-hydrogen) atoms. The van der Waals surface area contributed by atoms with Crippen molar-refractivity contribution in [2.45, 2.75) is 6.92 Å². The minimum absolute atomic E-state index is 0.173. The van der Waals surface area contributed by atoms with E-state index in [2.05, 4.69) is 10.3 Å². The Labute approximate surface area is 108 Å². The summed E-state index contributed by atoms with van der Waals surface area (Å²) < 4.78 is 0. The van der Waals surface area contributed by atoms with Gasteiger partial charge < -0.3 is 21.1 Å². The van der Waals surface area contributed by atoms with E-state index in [-0.39, 0.29) is 5.75 Å². The van der Waals surface area contributed by atoms with Gasteiger partial charge in [0.05, 0.1) is 17.7 Å². The molecule has 1 aromatic rings. The van der Waals surface area contributed by atoms with Gasteiger partial charge in [0.1, 0.15) is 5.75 Å². The molecule has 0 amide bonds. The van der Waals surface area contributed by atoms with E-state index in [1.807, 2.05) is 24.1 Å². The summed E-state index contributed by atoms with van der Waals surface area (Å²) >= 11 is 0. The van der Waals surface area contributed by atoms with Gasteiger partial charge in [-0.25, -0.2) is 0 Å². The number of rotatable bonds is 6. The molecule has 0 aliphatic rings. The van der Waals surface area contributed by atoms with Crippen LogP contribution in [0.25, 0.3) is 0 Å². The van der Waals surface area contributed by atoms with Crippen molar-refractivity contribution in [1.29, 1.82) is 0 Å². The summed E-state index contributed by atoms with van der Waals surface area (Å²) in [5.41, 5.74) is 7.14. The van der Waals surface area contributed by atoms with Crippen LogP contribution >= 0.6 is 0 Å². The van der Waals surface area contributed by atoms with Gasteiger partial charge in [0, 0.05) is 32.4 Å². The van der Waals surface area contributed by atoms with E-state index in [0.29, 0.717) is 5.69 Å². The highest BCUT2D eigenvalue weighted by Crippen LogP contribution is 2.22. The van der Waals surface area contributed by atoms with Crippen LogP contribution in [0.1, 0.15) is 6.92 Å². The summed E-state index contributed by atoms with van der Waals surface area (Å²) in [5.74, 6) is 0.173. The van der Waals surface area contributed by atoms with E-state index < -0.39 is 0 Å². The average molecular weight is 248 g/mol. The number of phenols is 1. The van der Waals surface area contributed by atoms with Crippen molar-refractivity contribution in [3.05, 3.63) is 30.5 Å². The first-order chi connectivity index (χ1) is 8.67. The standard InChI is InChI=1S/C13H20N4O/c1-3-7-17(10-15-2)8-6-16-13-5-4-11(18)9-12(13)14/h3-5,7,9-10,16,18H,6,8,14H2,1-2H3/b7-3-,15-10+. The summed E-state index contributed by atoms with van der Waals surface area (Å²) in [6, 6.07) is 4.90. The van der Waals surface area contributed by atoms with Crippen molar-refractivity contribution in [2.75, 3.05) is 31.2 Å². The second-order valence-corrected chi connectivity index (χ2v) is 3.79. The summed E-state index contributed by atoms with van der Waals surface area (Å²) in [6.45, 7) is 3.47. The van der Waals surface area contributed by atoms with Crippen LogP contribution in [0.15, 0.2) is 35.5 Å². The molecule has 4 N–H and O–H groups in total. The molecule has 0 heterocycles. The lowest BCUT2D eigenvalue weighted by atomic mass is 10.2. The molecular formula is C13H20N4O. The van der Waals surface area contributed by atoms with Crippen molar-refractivity contribution in [3.63, 3.8) is 0 Å². The second kappa shape index (κ2) is 7.21. The highest BCUT2D eigenvalue weighted by Gasteiger charge is 2.00. The molecule has 5 heteroatoms. The molecule has 0 saturated carbocycles. The number of aromatic hydroxyl groups is 1. The van der Waals surface area contributed by atoms with Crippen LogP contribution in [0.4, 0.5) is 11.4 Å². The van der Waals surface area contributed by atoms with Crippen LogP contribution in [0.5, 0.6) is 5.75 Å². The molecule has 0 aliphatic heterocycles. The fourth-order valence-electron chi connectivity index (χ4n) is 1.54. The lowest BCUT2D eigenvalue weighted by molar-refractivity contribution is 0.475. The predicted molar refractivity (Wildman–Crippen MR) is 76.9 cm³/mol. The zero-order chi connectivity index (χ0) is 13.4. The summed E-state index contributed by atoms with van der Waals surface area (Å²) in [6.07, 6.45) is 5.67. The van der Waals surface area contributed by atoms with Crippen molar-refractivity contribution in [2.24, 2.45) is 4.99 Å². The maximum atomic E-state index is 9.25. The third-order valence-corrected chi connectivity index (χ3v) is 2.32.